The molecule has 2 aliphatic heterocycles. The first-order valence-electron chi connectivity index (χ1n) is 8.54. The first-order valence-corrected chi connectivity index (χ1v) is 8.54. The number of amidine groups is 1. The van der Waals surface area contributed by atoms with Crippen molar-refractivity contribution >= 4 is 17.3 Å². The fourth-order valence-electron chi connectivity index (χ4n) is 3.01. The van der Waals surface area contributed by atoms with Gasteiger partial charge in [0, 0.05) is 25.7 Å². The number of hydrogen-bond acceptors (Lipinski definition) is 6. The minimum Gasteiger partial charge on any atom is -0.382 e. The molecule has 0 aromatic carbocycles. The van der Waals surface area contributed by atoms with Gasteiger partial charge >= 0.3 is 0 Å². The molecule has 3 rings (SSSR count). The summed E-state index contributed by atoms with van der Waals surface area (Å²) in [6.07, 6.45) is 7.37. The third-order valence-electron chi connectivity index (χ3n) is 4.33. The van der Waals surface area contributed by atoms with Crippen LogP contribution in [-0.2, 0) is 0 Å². The summed E-state index contributed by atoms with van der Waals surface area (Å²) in [6.45, 7) is 1.86. The van der Waals surface area contributed by atoms with E-state index in [0.29, 0.717) is 11.5 Å². The van der Waals surface area contributed by atoms with Crippen LogP contribution in [0, 0.1) is 17.1 Å². The van der Waals surface area contributed by atoms with Crippen LogP contribution in [0.15, 0.2) is 40.8 Å². The number of anilines is 2. The van der Waals surface area contributed by atoms with Gasteiger partial charge in [-0.25, -0.2) is 13.8 Å². The number of piperidine rings is 1. The fraction of sp³-hybridized carbons (Fsp3) is 0.389. The Hall–Kier alpha value is -2.95. The molecule has 1 fully saturated rings. The molecule has 8 heteroatoms. The smallest absolute Gasteiger partial charge is 0.167 e. The Kier molecular flexibility index (Phi) is 5.46. The van der Waals surface area contributed by atoms with Crippen molar-refractivity contribution in [1.82, 2.24) is 4.98 Å². The Morgan fingerprint density at radius 1 is 1.31 bits per heavy atom. The molecule has 0 spiro atoms. The predicted molar refractivity (Wildman–Crippen MR) is 97.0 cm³/mol. The van der Waals surface area contributed by atoms with E-state index < -0.39 is 11.9 Å². The van der Waals surface area contributed by atoms with Crippen molar-refractivity contribution in [3.05, 3.63) is 41.6 Å². The summed E-state index contributed by atoms with van der Waals surface area (Å²) in [4.78, 5) is 10.2. The Bertz CT molecular complexity index is 802. The molecule has 1 aromatic heterocycles. The van der Waals surface area contributed by atoms with Crippen molar-refractivity contribution < 1.29 is 8.78 Å². The molecule has 0 bridgehead atoms. The first kappa shape index (κ1) is 17.9. The summed E-state index contributed by atoms with van der Waals surface area (Å²) < 4.78 is 28.0. The number of nitrogens with one attached hydrogen (secondary N) is 1. The Balaban J connectivity index is 1.68. The van der Waals surface area contributed by atoms with Crippen LogP contribution in [0.2, 0.25) is 0 Å². The zero-order valence-electron chi connectivity index (χ0n) is 14.3. The maximum absolute atomic E-state index is 14.4. The highest BCUT2D eigenvalue weighted by Gasteiger charge is 2.17. The summed E-state index contributed by atoms with van der Waals surface area (Å²) in [6, 6.07) is 2.73. The molecule has 136 valence electrons. The van der Waals surface area contributed by atoms with Crippen molar-refractivity contribution in [3.63, 3.8) is 0 Å². The van der Waals surface area contributed by atoms with E-state index in [1.54, 1.807) is 6.20 Å². The quantitative estimate of drug-likeness (QED) is 0.864. The molecule has 0 aliphatic carbocycles. The summed E-state index contributed by atoms with van der Waals surface area (Å²) >= 11 is 0. The molecule has 2 aliphatic rings. The highest BCUT2D eigenvalue weighted by Crippen LogP contribution is 2.23. The van der Waals surface area contributed by atoms with Crippen molar-refractivity contribution in [2.75, 3.05) is 29.9 Å². The summed E-state index contributed by atoms with van der Waals surface area (Å²) in [5.74, 6) is -1.02. The highest BCUT2D eigenvalue weighted by atomic mass is 19.1. The molecular formula is C18H20F2N6. The van der Waals surface area contributed by atoms with Gasteiger partial charge in [0.25, 0.3) is 0 Å². The van der Waals surface area contributed by atoms with Gasteiger partial charge in [0.15, 0.2) is 23.3 Å². The third-order valence-corrected chi connectivity index (χ3v) is 4.33. The predicted octanol–water partition coefficient (Wildman–Crippen LogP) is 2.67. The maximum atomic E-state index is 14.4. The van der Waals surface area contributed by atoms with Crippen LogP contribution in [-0.4, -0.2) is 36.5 Å². The molecule has 0 radical (unpaired) electrons. The van der Waals surface area contributed by atoms with E-state index in [0.717, 1.165) is 38.4 Å². The highest BCUT2D eigenvalue weighted by molar-refractivity contribution is 5.96. The van der Waals surface area contributed by atoms with Gasteiger partial charge in [-0.15, -0.1) is 0 Å². The lowest BCUT2D eigenvalue weighted by molar-refractivity contribution is 0.550. The first-order chi connectivity index (χ1) is 12.6. The number of nitriles is 1. The van der Waals surface area contributed by atoms with Crippen LogP contribution >= 0.6 is 0 Å². The van der Waals surface area contributed by atoms with E-state index in [-0.39, 0.29) is 23.8 Å². The number of rotatable bonds is 4. The molecule has 1 atom stereocenters. The largest absolute Gasteiger partial charge is 0.382 e. The molecule has 3 N–H and O–H groups in total. The molecule has 0 amide bonds. The van der Waals surface area contributed by atoms with Gasteiger partial charge in [-0.05, 0) is 31.4 Å². The molecule has 3 heterocycles. The van der Waals surface area contributed by atoms with Gasteiger partial charge in [0.1, 0.15) is 0 Å². The minimum absolute atomic E-state index is 0.142. The topological polar surface area (TPSA) is 90.3 Å². The molecule has 0 saturated carbocycles. The lowest BCUT2D eigenvalue weighted by atomic mass is 10.1. The number of aromatic nitrogens is 1. The number of nitrogens with two attached hydrogens (primary N) is 1. The van der Waals surface area contributed by atoms with E-state index >= 15 is 0 Å². The molecule has 1 unspecified atom stereocenters. The molecule has 1 saturated heterocycles. The van der Waals surface area contributed by atoms with Gasteiger partial charge in [0.05, 0.1) is 29.6 Å². The SMILES string of the molecule is N#CC1=CC(CNc2cnc(N3CCCCC3)c(F)c2)N=C(N)C(F)=C1. The number of nitrogens with zero attached hydrogens (tertiary/aromatic N) is 4. The zero-order chi connectivity index (χ0) is 18.5. The van der Waals surface area contributed by atoms with Gasteiger partial charge < -0.3 is 16.0 Å². The van der Waals surface area contributed by atoms with Crippen molar-refractivity contribution in [2.45, 2.75) is 25.3 Å². The average molecular weight is 358 g/mol. The molecule has 26 heavy (non-hydrogen) atoms. The fourth-order valence-corrected chi connectivity index (χ4v) is 3.01. The Morgan fingerprint density at radius 3 is 2.77 bits per heavy atom. The maximum Gasteiger partial charge on any atom is 0.167 e. The Morgan fingerprint density at radius 2 is 2.08 bits per heavy atom. The third kappa shape index (κ3) is 4.17. The van der Waals surface area contributed by atoms with Crippen LogP contribution in [0.1, 0.15) is 19.3 Å². The second-order valence-electron chi connectivity index (χ2n) is 6.27. The summed E-state index contributed by atoms with van der Waals surface area (Å²) in [5.41, 5.74) is 6.17. The molecule has 6 nitrogen and oxygen atoms in total. The lowest BCUT2D eigenvalue weighted by Gasteiger charge is -2.28. The summed E-state index contributed by atoms with van der Waals surface area (Å²) in [7, 11) is 0. The van der Waals surface area contributed by atoms with Crippen molar-refractivity contribution in [3.8, 4) is 6.07 Å². The van der Waals surface area contributed by atoms with E-state index in [1.807, 2.05) is 11.0 Å². The van der Waals surface area contributed by atoms with Crippen LogP contribution < -0.4 is 16.0 Å². The minimum atomic E-state index is -0.737. The van der Waals surface area contributed by atoms with Crippen LogP contribution in [0.5, 0.6) is 0 Å². The second-order valence-corrected chi connectivity index (χ2v) is 6.27. The van der Waals surface area contributed by atoms with Crippen LogP contribution in [0.4, 0.5) is 20.3 Å². The van der Waals surface area contributed by atoms with Gasteiger partial charge in [-0.3, -0.25) is 4.99 Å². The Labute approximate surface area is 150 Å². The van der Waals surface area contributed by atoms with E-state index in [4.69, 9.17) is 11.0 Å². The number of hydrogen-bond donors (Lipinski definition) is 2. The lowest BCUT2D eigenvalue weighted by Crippen LogP contribution is -2.31. The number of aliphatic imine (C=N–C) groups is 1. The van der Waals surface area contributed by atoms with Crippen LogP contribution in [0.25, 0.3) is 0 Å². The number of allylic oxidation sites excluding steroid dienone is 2. The normalized spacial score (nSPS) is 20.4. The van der Waals surface area contributed by atoms with Crippen molar-refractivity contribution in [2.24, 2.45) is 10.7 Å². The van der Waals surface area contributed by atoms with Crippen LogP contribution in [0.3, 0.4) is 0 Å². The molecule has 1 aromatic rings. The van der Waals surface area contributed by atoms with E-state index in [2.05, 4.69) is 15.3 Å². The number of pyridine rings is 1. The number of halogens is 2. The zero-order valence-corrected chi connectivity index (χ0v) is 14.3. The van der Waals surface area contributed by atoms with Gasteiger partial charge in [0.2, 0.25) is 0 Å². The average Bonchev–Trinajstić information content (AvgIpc) is 2.79. The van der Waals surface area contributed by atoms with E-state index in [9.17, 15) is 8.78 Å². The van der Waals surface area contributed by atoms with Gasteiger partial charge in [-0.1, -0.05) is 0 Å². The second kappa shape index (κ2) is 7.95. The van der Waals surface area contributed by atoms with E-state index in [1.165, 1.54) is 12.1 Å². The molecular weight excluding hydrogens is 338 g/mol. The summed E-state index contributed by atoms with van der Waals surface area (Å²) in [5, 5.41) is 12.0. The standard InChI is InChI=1S/C18H20F2N6/c19-15-7-12(9-21)6-14(25-17(15)22)11-23-13-8-16(20)18(24-10-13)26-4-2-1-3-5-26/h6-8,10,14,23H,1-5,11H2,(H2,22,25). The van der Waals surface area contributed by atoms with Gasteiger partial charge in [-0.2, -0.15) is 5.26 Å². The van der Waals surface area contributed by atoms with Crippen molar-refractivity contribution in [1.29, 1.82) is 5.26 Å². The monoisotopic (exact) mass is 358 g/mol.